The van der Waals surface area contributed by atoms with Gasteiger partial charge in [0.15, 0.2) is 0 Å². The number of furan rings is 2. The molecule has 0 aliphatic heterocycles. The van der Waals surface area contributed by atoms with Crippen LogP contribution in [0.3, 0.4) is 0 Å². The number of halogens is 1. The van der Waals surface area contributed by atoms with E-state index in [1.807, 2.05) is 115 Å². The number of benzene rings is 12. The van der Waals surface area contributed by atoms with E-state index in [-0.39, 0.29) is 13.6 Å². The summed E-state index contributed by atoms with van der Waals surface area (Å²) in [4.78, 5) is 19.8. The molecule has 0 aliphatic rings. The highest BCUT2D eigenvalue weighted by Crippen LogP contribution is 2.40. The highest BCUT2D eigenvalue weighted by molar-refractivity contribution is 9.10. The maximum Gasteiger partial charge on any atom is 0.489 e. The first-order valence-electron chi connectivity index (χ1n) is 29.7. The fourth-order valence-electron chi connectivity index (χ4n) is 12.6. The highest BCUT2D eigenvalue weighted by atomic mass is 79.9. The minimum atomic E-state index is -1.49. The molecule has 0 radical (unpaired) electrons. The molecule has 0 aliphatic carbocycles. The minimum absolute atomic E-state index is 0. The molecular formula is C81H57BBrN5O4. The zero-order valence-electron chi connectivity index (χ0n) is 48.9. The van der Waals surface area contributed by atoms with Crippen molar-refractivity contribution in [1.82, 2.24) is 26.1 Å². The molecule has 6 aromatic heterocycles. The monoisotopic (exact) mass is 1250 g/mol. The maximum absolute atomic E-state index is 9.66. The highest BCUT2D eigenvalue weighted by Gasteiger charge is 2.19. The van der Waals surface area contributed by atoms with Gasteiger partial charge in [0.1, 0.15) is 26.9 Å². The standard InChI is InChI=1S/C40H24N2O.C22H15BO3.C18H11BrN2.CH4.H3N/c1-2-8-25(9-3-1)35-21-16-26-14-15-27-17-22-36(42-40(27)39(26)41-35)32-20-19-29(30-10-4-5-11-31(30)32)28-18-23-38-34(24-28)33-12-6-7-13-37(33)43-38;24-23(25)20-11-10-15(16-5-1-2-6-17(16)20)14-9-12-22-19(13-14)18-7-3-4-8-21(18)26-22;19-16-11-9-14-7-6-13-8-10-15(12-4-2-1-3-5-12)20-17(13)18(14)21-16;;/h1-24H;1-13,24-25H;1-11H;1H4;1H3. The van der Waals surface area contributed by atoms with Gasteiger partial charge in [0.25, 0.3) is 0 Å². The molecule has 0 saturated heterocycles. The van der Waals surface area contributed by atoms with Crippen LogP contribution in [0.4, 0.5) is 0 Å². The molecule has 12 aromatic carbocycles. The van der Waals surface area contributed by atoms with Gasteiger partial charge in [-0.05, 0) is 126 Å². The quantitative estimate of drug-likeness (QED) is 0.0839. The van der Waals surface area contributed by atoms with Gasteiger partial charge < -0.3 is 25.0 Å². The van der Waals surface area contributed by atoms with Crippen molar-refractivity contribution in [1.29, 1.82) is 0 Å². The zero-order chi connectivity index (χ0) is 60.2. The minimum Gasteiger partial charge on any atom is -0.456 e. The van der Waals surface area contributed by atoms with E-state index in [4.69, 9.17) is 23.8 Å². The van der Waals surface area contributed by atoms with Crippen LogP contribution < -0.4 is 11.6 Å². The summed E-state index contributed by atoms with van der Waals surface area (Å²) in [6.45, 7) is 0. The first-order valence-corrected chi connectivity index (χ1v) is 30.5. The number of aromatic nitrogens is 4. The number of rotatable bonds is 6. The third-order valence-corrected chi connectivity index (χ3v) is 17.4. The molecule has 5 N–H and O–H groups in total. The lowest BCUT2D eigenvalue weighted by atomic mass is 9.76. The van der Waals surface area contributed by atoms with Crippen molar-refractivity contribution in [3.05, 3.63) is 296 Å². The van der Waals surface area contributed by atoms with Crippen LogP contribution in [0.5, 0.6) is 0 Å². The van der Waals surface area contributed by atoms with Gasteiger partial charge in [-0.3, -0.25) is 0 Å². The molecule has 0 fully saturated rings. The van der Waals surface area contributed by atoms with Gasteiger partial charge in [0.2, 0.25) is 0 Å². The molecule has 11 heteroatoms. The number of hydrogen-bond donors (Lipinski definition) is 3. The van der Waals surface area contributed by atoms with Crippen molar-refractivity contribution in [3.63, 3.8) is 0 Å². The van der Waals surface area contributed by atoms with Crippen LogP contribution in [0.15, 0.2) is 305 Å². The Kier molecular flexibility index (Phi) is 15.7. The molecule has 6 heterocycles. The molecule has 18 aromatic rings. The molecule has 0 atom stereocenters. The third-order valence-electron chi connectivity index (χ3n) is 17.0. The van der Waals surface area contributed by atoms with E-state index in [1.165, 1.54) is 16.3 Å². The summed E-state index contributed by atoms with van der Waals surface area (Å²) in [7, 11) is -1.49. The van der Waals surface area contributed by atoms with Crippen LogP contribution in [-0.4, -0.2) is 37.1 Å². The predicted octanol–water partition coefficient (Wildman–Crippen LogP) is 20.9. The molecule has 0 unspecified atom stereocenters. The lowest BCUT2D eigenvalue weighted by Crippen LogP contribution is -2.30. The second-order valence-electron chi connectivity index (χ2n) is 22.3. The largest absolute Gasteiger partial charge is 0.489 e. The number of fused-ring (bicyclic) bond motifs is 14. The van der Waals surface area contributed by atoms with Crippen molar-refractivity contribution in [2.24, 2.45) is 0 Å². The first kappa shape index (κ1) is 58.5. The van der Waals surface area contributed by atoms with Gasteiger partial charge in [-0.1, -0.05) is 238 Å². The molecule has 440 valence electrons. The van der Waals surface area contributed by atoms with E-state index in [2.05, 4.69) is 191 Å². The Morgan fingerprint density at radius 3 is 1.12 bits per heavy atom. The van der Waals surface area contributed by atoms with E-state index in [1.54, 1.807) is 6.07 Å². The Hall–Kier alpha value is -11.2. The fraction of sp³-hybridized carbons (Fsp3) is 0.0123. The summed E-state index contributed by atoms with van der Waals surface area (Å²) < 4.78 is 12.8. The van der Waals surface area contributed by atoms with Crippen LogP contribution in [0, 0.1) is 0 Å². The second kappa shape index (κ2) is 24.7. The maximum atomic E-state index is 9.66. The van der Waals surface area contributed by atoms with Crippen molar-refractivity contribution >= 4 is 138 Å². The molecular weight excluding hydrogens is 1200 g/mol. The number of nitrogens with zero attached hydrogens (tertiary/aromatic N) is 4. The van der Waals surface area contributed by atoms with Crippen molar-refractivity contribution < 1.29 is 18.9 Å². The predicted molar refractivity (Wildman–Crippen MR) is 387 cm³/mol. The summed E-state index contributed by atoms with van der Waals surface area (Å²) in [5, 5.41) is 32.3. The van der Waals surface area contributed by atoms with Gasteiger partial charge in [0.05, 0.1) is 39.1 Å². The lowest BCUT2D eigenvalue weighted by molar-refractivity contribution is 0.426. The topological polar surface area (TPSA) is 153 Å². The molecule has 0 spiro atoms. The molecule has 92 heavy (non-hydrogen) atoms. The van der Waals surface area contributed by atoms with Crippen LogP contribution in [0.1, 0.15) is 7.43 Å². The smallest absolute Gasteiger partial charge is 0.456 e. The lowest BCUT2D eigenvalue weighted by Gasteiger charge is -2.13. The second-order valence-corrected chi connectivity index (χ2v) is 23.1. The van der Waals surface area contributed by atoms with Crippen LogP contribution in [-0.2, 0) is 0 Å². The molecule has 0 bridgehead atoms. The summed E-state index contributed by atoms with van der Waals surface area (Å²) >= 11 is 3.44. The third kappa shape index (κ3) is 10.7. The number of hydrogen-bond acceptors (Lipinski definition) is 9. The SMILES string of the molecule is Brc1ccc2ccc3ccc(-c4ccccc4)nc3c2n1.C.N.OB(O)c1ccc(-c2ccc3oc4ccccc4c3c2)c2ccccc12.c1ccc(-c2ccc3ccc4ccc(-c5ccc(-c6ccc7oc8ccccc8c7c6)c6ccccc56)nc4c3n2)cc1. The summed E-state index contributed by atoms with van der Waals surface area (Å²) in [6, 6.07) is 99.1. The average Bonchev–Trinajstić information content (AvgIpc) is 1.19. The van der Waals surface area contributed by atoms with E-state index in [9.17, 15) is 10.0 Å². The Morgan fingerprint density at radius 1 is 0.283 bits per heavy atom. The van der Waals surface area contributed by atoms with Crippen molar-refractivity contribution in [2.45, 2.75) is 7.43 Å². The Labute approximate surface area is 538 Å². The van der Waals surface area contributed by atoms with Crippen molar-refractivity contribution in [2.75, 3.05) is 0 Å². The van der Waals surface area contributed by atoms with E-state index < -0.39 is 7.12 Å². The van der Waals surface area contributed by atoms with Crippen molar-refractivity contribution in [3.8, 4) is 56.0 Å². The Bertz CT molecular complexity index is 5820. The van der Waals surface area contributed by atoms with E-state index in [0.29, 0.717) is 5.46 Å². The van der Waals surface area contributed by atoms with Gasteiger partial charge >= 0.3 is 7.12 Å². The van der Waals surface area contributed by atoms with Crippen LogP contribution in [0.25, 0.3) is 165 Å². The molecule has 0 amide bonds. The van der Waals surface area contributed by atoms with E-state index >= 15 is 0 Å². The number of para-hydroxylation sites is 2. The van der Waals surface area contributed by atoms with Gasteiger partial charge in [0, 0.05) is 59.8 Å². The van der Waals surface area contributed by atoms with E-state index in [0.717, 1.165) is 153 Å². The van der Waals surface area contributed by atoms with Crippen LogP contribution >= 0.6 is 15.9 Å². The first-order chi connectivity index (χ1) is 44.3. The van der Waals surface area contributed by atoms with Gasteiger partial charge in [-0.25, -0.2) is 19.9 Å². The zero-order valence-corrected chi connectivity index (χ0v) is 50.5. The van der Waals surface area contributed by atoms with Gasteiger partial charge in [-0.15, -0.1) is 0 Å². The normalized spacial score (nSPS) is 11.2. The molecule has 0 saturated carbocycles. The summed E-state index contributed by atoms with van der Waals surface area (Å²) in [6.07, 6.45) is 0. The fourth-order valence-corrected chi connectivity index (χ4v) is 12.9. The van der Waals surface area contributed by atoms with Gasteiger partial charge in [-0.2, -0.15) is 0 Å². The summed E-state index contributed by atoms with van der Waals surface area (Å²) in [5.41, 5.74) is 18.4. The number of pyridine rings is 4. The molecule has 9 nitrogen and oxygen atoms in total. The van der Waals surface area contributed by atoms with Crippen LogP contribution in [0.2, 0.25) is 0 Å². The summed E-state index contributed by atoms with van der Waals surface area (Å²) in [5.74, 6) is 0. The Balaban J connectivity index is 0.000000128. The molecule has 18 rings (SSSR count). The average molecular weight is 1260 g/mol. The Morgan fingerprint density at radius 2 is 0.630 bits per heavy atom.